The molecule has 46 valence electrons. The highest BCUT2D eigenvalue weighted by molar-refractivity contribution is 5.73. The summed E-state index contributed by atoms with van der Waals surface area (Å²) in [6.07, 6.45) is 4.50. The topological polar surface area (TPSA) is 29.1 Å². The monoisotopic (exact) mass is 113 g/mol. The lowest BCUT2D eigenvalue weighted by molar-refractivity contribution is -0.118. The van der Waals surface area contributed by atoms with Gasteiger partial charge >= 0.3 is 0 Å². The summed E-state index contributed by atoms with van der Waals surface area (Å²) in [5.74, 6) is -0.0188. The number of carbonyl (C=O) groups excluding carboxylic acids is 1. The summed E-state index contributed by atoms with van der Waals surface area (Å²) in [7, 11) is 0. The summed E-state index contributed by atoms with van der Waals surface area (Å²) in [4.78, 5) is 10.2. The molecule has 1 N–H and O–H groups in total. The fourth-order valence-corrected chi connectivity index (χ4v) is 0.294. The van der Waals surface area contributed by atoms with Crippen molar-refractivity contribution >= 4 is 5.91 Å². The molecule has 0 aliphatic rings. The van der Waals surface area contributed by atoms with Crippen molar-refractivity contribution in [3.05, 3.63) is 12.3 Å². The summed E-state index contributed by atoms with van der Waals surface area (Å²) in [6, 6.07) is 0. The largest absolute Gasteiger partial charge is 0.333 e. The van der Waals surface area contributed by atoms with Crippen LogP contribution in [0.1, 0.15) is 20.3 Å². The molecule has 0 fully saturated rings. The number of carbonyl (C=O) groups is 1. The molecule has 2 heteroatoms. The molecule has 0 unspecified atom stereocenters. The maximum Gasteiger partial charge on any atom is 0.220 e. The fourth-order valence-electron chi connectivity index (χ4n) is 0.294. The number of rotatable bonds is 2. The van der Waals surface area contributed by atoms with Gasteiger partial charge in [-0.15, -0.1) is 0 Å². The molecule has 1 amide bonds. The van der Waals surface area contributed by atoms with Crippen LogP contribution < -0.4 is 5.32 Å². The molecule has 2 nitrogen and oxygen atoms in total. The minimum absolute atomic E-state index is 0.0188. The third kappa shape index (κ3) is 5.21. The SMILES string of the molecule is CC/C=C\NC(C)=O. The summed E-state index contributed by atoms with van der Waals surface area (Å²) in [5, 5.41) is 2.53. The van der Waals surface area contributed by atoms with Crippen LogP contribution in [0.5, 0.6) is 0 Å². The molecule has 0 heterocycles. The number of hydrogen-bond donors (Lipinski definition) is 1. The Morgan fingerprint density at radius 3 is 2.75 bits per heavy atom. The zero-order chi connectivity index (χ0) is 6.41. The van der Waals surface area contributed by atoms with E-state index in [2.05, 4.69) is 5.32 Å². The van der Waals surface area contributed by atoms with Gasteiger partial charge < -0.3 is 5.32 Å². The van der Waals surface area contributed by atoms with E-state index in [1.165, 1.54) is 6.92 Å². The molecule has 0 saturated heterocycles. The third-order valence-electron chi connectivity index (χ3n) is 0.640. The zero-order valence-electron chi connectivity index (χ0n) is 5.27. The van der Waals surface area contributed by atoms with Crippen molar-refractivity contribution < 1.29 is 4.79 Å². The molecule has 0 rings (SSSR count). The van der Waals surface area contributed by atoms with Crippen LogP contribution in [0.4, 0.5) is 0 Å². The van der Waals surface area contributed by atoms with Gasteiger partial charge in [-0.05, 0) is 12.6 Å². The predicted molar refractivity (Wildman–Crippen MR) is 33.2 cm³/mol. The van der Waals surface area contributed by atoms with Gasteiger partial charge in [-0.25, -0.2) is 0 Å². The van der Waals surface area contributed by atoms with Crippen molar-refractivity contribution in [2.75, 3.05) is 0 Å². The zero-order valence-corrected chi connectivity index (χ0v) is 5.27. The highest BCUT2D eigenvalue weighted by Gasteiger charge is 1.78. The Balaban J connectivity index is 3.16. The highest BCUT2D eigenvalue weighted by atomic mass is 16.1. The Hall–Kier alpha value is -0.790. The van der Waals surface area contributed by atoms with Gasteiger partial charge in [0.25, 0.3) is 0 Å². The van der Waals surface area contributed by atoms with Crippen LogP contribution in [-0.4, -0.2) is 5.91 Å². The van der Waals surface area contributed by atoms with Gasteiger partial charge in [0.05, 0.1) is 0 Å². The first-order chi connectivity index (χ1) is 3.77. The average Bonchev–Trinajstić information content (AvgIpc) is 1.66. The molecule has 0 aromatic rings. The van der Waals surface area contributed by atoms with Gasteiger partial charge in [0.2, 0.25) is 5.91 Å². The Bertz CT molecular complexity index is 96.7. The van der Waals surface area contributed by atoms with E-state index >= 15 is 0 Å². The van der Waals surface area contributed by atoms with Gasteiger partial charge in [0.15, 0.2) is 0 Å². The van der Waals surface area contributed by atoms with Gasteiger partial charge in [0.1, 0.15) is 0 Å². The Morgan fingerprint density at radius 1 is 1.75 bits per heavy atom. The van der Waals surface area contributed by atoms with E-state index in [4.69, 9.17) is 0 Å². The van der Waals surface area contributed by atoms with Gasteiger partial charge in [-0.2, -0.15) is 0 Å². The fraction of sp³-hybridized carbons (Fsp3) is 0.500. The van der Waals surface area contributed by atoms with Crippen molar-refractivity contribution in [3.63, 3.8) is 0 Å². The molecule has 0 bridgehead atoms. The van der Waals surface area contributed by atoms with E-state index in [-0.39, 0.29) is 5.91 Å². The first kappa shape index (κ1) is 7.21. The number of allylic oxidation sites excluding steroid dienone is 1. The molecule has 0 atom stereocenters. The molecule has 0 aliphatic carbocycles. The molecule has 0 aliphatic heterocycles. The molecular formula is C6H11NO. The van der Waals surface area contributed by atoms with Crippen LogP contribution in [0.25, 0.3) is 0 Å². The first-order valence-electron chi connectivity index (χ1n) is 2.69. The van der Waals surface area contributed by atoms with Crippen LogP contribution in [0.15, 0.2) is 12.3 Å². The minimum atomic E-state index is -0.0188. The first-order valence-corrected chi connectivity index (χ1v) is 2.69. The van der Waals surface area contributed by atoms with E-state index in [9.17, 15) is 4.79 Å². The van der Waals surface area contributed by atoms with E-state index in [0.29, 0.717) is 0 Å². The van der Waals surface area contributed by atoms with Crippen molar-refractivity contribution in [2.24, 2.45) is 0 Å². The molecular weight excluding hydrogens is 102 g/mol. The van der Waals surface area contributed by atoms with E-state index < -0.39 is 0 Å². The van der Waals surface area contributed by atoms with E-state index in [0.717, 1.165) is 6.42 Å². The maximum absolute atomic E-state index is 10.2. The summed E-state index contributed by atoms with van der Waals surface area (Å²) in [6.45, 7) is 3.50. The van der Waals surface area contributed by atoms with Crippen molar-refractivity contribution in [1.82, 2.24) is 5.32 Å². The second-order valence-corrected chi connectivity index (χ2v) is 1.51. The molecule has 0 saturated carbocycles. The van der Waals surface area contributed by atoms with Crippen molar-refractivity contribution in [1.29, 1.82) is 0 Å². The average molecular weight is 113 g/mol. The highest BCUT2D eigenvalue weighted by Crippen LogP contribution is 1.74. The quantitative estimate of drug-likeness (QED) is 0.569. The number of hydrogen-bond acceptors (Lipinski definition) is 1. The minimum Gasteiger partial charge on any atom is -0.333 e. The molecule has 8 heavy (non-hydrogen) atoms. The molecule has 0 aromatic carbocycles. The molecule has 0 aromatic heterocycles. The number of nitrogens with one attached hydrogen (secondary N) is 1. The maximum atomic E-state index is 10.2. The lowest BCUT2D eigenvalue weighted by Crippen LogP contribution is -2.10. The van der Waals surface area contributed by atoms with Crippen LogP contribution >= 0.6 is 0 Å². The van der Waals surface area contributed by atoms with E-state index in [1.54, 1.807) is 6.20 Å². The lowest BCUT2D eigenvalue weighted by Gasteiger charge is -1.87. The molecule has 0 spiro atoms. The smallest absolute Gasteiger partial charge is 0.220 e. The van der Waals surface area contributed by atoms with E-state index in [1.807, 2.05) is 13.0 Å². The van der Waals surface area contributed by atoms with Crippen LogP contribution in [0, 0.1) is 0 Å². The third-order valence-corrected chi connectivity index (χ3v) is 0.640. The van der Waals surface area contributed by atoms with Gasteiger partial charge in [-0.3, -0.25) is 4.79 Å². The normalized spacial score (nSPS) is 9.75. The summed E-state index contributed by atoms with van der Waals surface area (Å²) >= 11 is 0. The van der Waals surface area contributed by atoms with Crippen LogP contribution in [-0.2, 0) is 4.79 Å². The Morgan fingerprint density at radius 2 is 2.38 bits per heavy atom. The second-order valence-electron chi connectivity index (χ2n) is 1.51. The van der Waals surface area contributed by atoms with Gasteiger partial charge in [0, 0.05) is 6.92 Å². The second kappa shape index (κ2) is 4.37. The van der Waals surface area contributed by atoms with Crippen molar-refractivity contribution in [3.8, 4) is 0 Å². The van der Waals surface area contributed by atoms with Crippen LogP contribution in [0.3, 0.4) is 0 Å². The predicted octanol–water partition coefficient (Wildman–Crippen LogP) is 1.05. The summed E-state index contributed by atoms with van der Waals surface area (Å²) in [5.41, 5.74) is 0. The standard InChI is InChI=1S/C6H11NO/c1-3-4-5-7-6(2)8/h4-5H,3H2,1-2H3,(H,7,8)/b5-4-. The Labute approximate surface area is 49.6 Å². The molecule has 0 radical (unpaired) electrons. The Kier molecular flexibility index (Phi) is 3.94. The lowest BCUT2D eigenvalue weighted by atomic mass is 10.5. The van der Waals surface area contributed by atoms with Crippen LogP contribution in [0.2, 0.25) is 0 Å². The van der Waals surface area contributed by atoms with Gasteiger partial charge in [-0.1, -0.05) is 13.0 Å². The number of amides is 1. The summed E-state index contributed by atoms with van der Waals surface area (Å²) < 4.78 is 0. The van der Waals surface area contributed by atoms with Crippen molar-refractivity contribution in [2.45, 2.75) is 20.3 Å².